The number of carbonyl (C=O) groups excluding carboxylic acids is 1. The third-order valence-electron chi connectivity index (χ3n) is 4.46. The zero-order chi connectivity index (χ0) is 10.4. The molecule has 5 atom stereocenters. The summed E-state index contributed by atoms with van der Waals surface area (Å²) in [5.74, 6) is 2.33. The normalized spacial score (nSPS) is 47.5. The van der Waals surface area contributed by atoms with Crippen molar-refractivity contribution >= 4 is 5.78 Å². The first-order chi connectivity index (χ1) is 7.29. The zero-order valence-electron chi connectivity index (χ0n) is 8.89. The molecule has 0 aromatic rings. The van der Waals surface area contributed by atoms with E-state index in [-0.39, 0.29) is 18.6 Å². The lowest BCUT2D eigenvalue weighted by molar-refractivity contribution is -0.163. The van der Waals surface area contributed by atoms with Crippen molar-refractivity contribution in [1.29, 1.82) is 0 Å². The molecule has 0 amide bonds. The Hall–Kier alpha value is -0.410. The van der Waals surface area contributed by atoms with Gasteiger partial charge < -0.3 is 9.84 Å². The lowest BCUT2D eigenvalue weighted by Gasteiger charge is -2.52. The molecule has 0 spiro atoms. The summed E-state index contributed by atoms with van der Waals surface area (Å²) >= 11 is 0. The fourth-order valence-corrected chi connectivity index (χ4v) is 4.02. The van der Waals surface area contributed by atoms with Crippen LogP contribution >= 0.6 is 0 Å². The summed E-state index contributed by atoms with van der Waals surface area (Å²) in [6.45, 7) is 0.456. The Kier molecular flexibility index (Phi) is 2.33. The Bertz CT molecular complexity index is 276. The predicted octanol–water partition coefficient (Wildman–Crippen LogP) is 0.999. The third-order valence-corrected chi connectivity index (χ3v) is 4.46. The highest BCUT2D eigenvalue weighted by atomic mass is 16.5. The number of hydrogen-bond donors (Lipinski definition) is 1. The smallest absolute Gasteiger partial charge is 0.141 e. The molecule has 4 rings (SSSR count). The van der Waals surface area contributed by atoms with E-state index in [1.807, 2.05) is 0 Å². The molecule has 5 unspecified atom stereocenters. The van der Waals surface area contributed by atoms with Crippen molar-refractivity contribution in [3.63, 3.8) is 0 Å². The van der Waals surface area contributed by atoms with Gasteiger partial charge in [0, 0.05) is 11.8 Å². The average molecular weight is 210 g/mol. The van der Waals surface area contributed by atoms with Gasteiger partial charge in [0.1, 0.15) is 5.78 Å². The molecule has 0 radical (unpaired) electrons. The second-order valence-electron chi connectivity index (χ2n) is 5.33. The fourth-order valence-electron chi connectivity index (χ4n) is 4.02. The number of aliphatic hydroxyl groups is 1. The van der Waals surface area contributed by atoms with Crippen molar-refractivity contribution < 1.29 is 14.6 Å². The van der Waals surface area contributed by atoms with E-state index in [1.54, 1.807) is 0 Å². The lowest BCUT2D eigenvalue weighted by Crippen LogP contribution is -2.55. The zero-order valence-corrected chi connectivity index (χ0v) is 8.89. The van der Waals surface area contributed by atoms with Gasteiger partial charge in [-0.05, 0) is 37.5 Å². The molecule has 1 N–H and O–H groups in total. The van der Waals surface area contributed by atoms with Crippen LogP contribution in [0.25, 0.3) is 0 Å². The molecular formula is C12H18O3. The summed E-state index contributed by atoms with van der Waals surface area (Å²) in [5, 5.41) is 8.78. The molecule has 0 aliphatic heterocycles. The van der Waals surface area contributed by atoms with E-state index in [4.69, 9.17) is 9.84 Å². The number of ketones is 1. The molecule has 3 heteroatoms. The molecule has 4 bridgehead atoms. The predicted molar refractivity (Wildman–Crippen MR) is 54.3 cm³/mol. The average Bonchev–Trinajstić information content (AvgIpc) is 2.24. The Morgan fingerprint density at radius 1 is 1.27 bits per heavy atom. The summed E-state index contributed by atoms with van der Waals surface area (Å²) in [6.07, 6.45) is 4.59. The van der Waals surface area contributed by atoms with E-state index >= 15 is 0 Å². The van der Waals surface area contributed by atoms with Crippen LogP contribution in [0.3, 0.4) is 0 Å². The second-order valence-corrected chi connectivity index (χ2v) is 5.33. The molecule has 4 saturated carbocycles. The molecule has 0 heterocycles. The SMILES string of the molecule is O=C1C2CC3CC(C2)C(OCCO)C1C3. The van der Waals surface area contributed by atoms with Crippen LogP contribution in [-0.4, -0.2) is 30.2 Å². The Labute approximate surface area is 89.8 Å². The van der Waals surface area contributed by atoms with Gasteiger partial charge in [-0.1, -0.05) is 0 Å². The van der Waals surface area contributed by atoms with Crippen molar-refractivity contribution in [2.24, 2.45) is 23.7 Å². The van der Waals surface area contributed by atoms with Crippen molar-refractivity contribution in [3.05, 3.63) is 0 Å². The van der Waals surface area contributed by atoms with Gasteiger partial charge in [-0.25, -0.2) is 0 Å². The molecule has 0 aromatic heterocycles. The van der Waals surface area contributed by atoms with E-state index in [9.17, 15) is 4.79 Å². The summed E-state index contributed by atoms with van der Waals surface area (Å²) < 4.78 is 5.67. The van der Waals surface area contributed by atoms with Gasteiger partial charge in [0.15, 0.2) is 0 Å². The van der Waals surface area contributed by atoms with Crippen molar-refractivity contribution in [3.8, 4) is 0 Å². The molecule has 3 nitrogen and oxygen atoms in total. The summed E-state index contributed by atoms with van der Waals surface area (Å²) in [7, 11) is 0. The monoisotopic (exact) mass is 210 g/mol. The van der Waals surface area contributed by atoms with Gasteiger partial charge in [-0.15, -0.1) is 0 Å². The highest BCUT2D eigenvalue weighted by Crippen LogP contribution is 2.52. The van der Waals surface area contributed by atoms with E-state index in [1.165, 1.54) is 6.42 Å². The number of ether oxygens (including phenoxy) is 1. The second kappa shape index (κ2) is 3.56. The van der Waals surface area contributed by atoms with E-state index in [0.717, 1.165) is 25.2 Å². The van der Waals surface area contributed by atoms with Crippen LogP contribution in [0.2, 0.25) is 0 Å². The minimum absolute atomic E-state index is 0.0665. The first-order valence-electron chi connectivity index (χ1n) is 6.05. The van der Waals surface area contributed by atoms with Crippen LogP contribution in [-0.2, 0) is 9.53 Å². The minimum atomic E-state index is 0.0665. The first kappa shape index (κ1) is 9.79. The Balaban J connectivity index is 1.77. The highest BCUT2D eigenvalue weighted by molar-refractivity contribution is 5.86. The van der Waals surface area contributed by atoms with Crippen molar-refractivity contribution in [2.75, 3.05) is 13.2 Å². The molecule has 4 fully saturated rings. The van der Waals surface area contributed by atoms with Gasteiger partial charge in [0.25, 0.3) is 0 Å². The maximum absolute atomic E-state index is 12.0. The van der Waals surface area contributed by atoms with Gasteiger partial charge in [-0.2, -0.15) is 0 Å². The maximum Gasteiger partial charge on any atom is 0.141 e. The van der Waals surface area contributed by atoms with Crippen LogP contribution in [0, 0.1) is 23.7 Å². The number of hydrogen-bond acceptors (Lipinski definition) is 3. The quantitative estimate of drug-likeness (QED) is 0.756. The molecule has 0 aromatic carbocycles. The third kappa shape index (κ3) is 1.44. The summed E-state index contributed by atoms with van der Waals surface area (Å²) in [4.78, 5) is 12.0. The fraction of sp³-hybridized carbons (Fsp3) is 0.917. The summed E-state index contributed by atoms with van der Waals surface area (Å²) in [6, 6.07) is 0. The first-order valence-corrected chi connectivity index (χ1v) is 6.05. The molecule has 15 heavy (non-hydrogen) atoms. The van der Waals surface area contributed by atoms with E-state index in [0.29, 0.717) is 24.2 Å². The van der Waals surface area contributed by atoms with E-state index < -0.39 is 0 Å². The Morgan fingerprint density at radius 2 is 2.13 bits per heavy atom. The van der Waals surface area contributed by atoms with Crippen LogP contribution < -0.4 is 0 Å². The molecule has 84 valence electrons. The van der Waals surface area contributed by atoms with Crippen LogP contribution in [0.4, 0.5) is 0 Å². The Morgan fingerprint density at radius 3 is 2.93 bits per heavy atom. The molecule has 4 aliphatic carbocycles. The number of aliphatic hydroxyl groups excluding tert-OH is 1. The highest BCUT2D eigenvalue weighted by Gasteiger charge is 2.53. The number of carbonyl (C=O) groups is 1. The topological polar surface area (TPSA) is 46.5 Å². The number of Topliss-reactive ketones (excluding diaryl/α,β-unsaturated/α-hetero) is 1. The van der Waals surface area contributed by atoms with Crippen molar-refractivity contribution in [2.45, 2.75) is 31.8 Å². The van der Waals surface area contributed by atoms with E-state index in [2.05, 4.69) is 0 Å². The molecule has 0 saturated heterocycles. The summed E-state index contributed by atoms with van der Waals surface area (Å²) in [5.41, 5.74) is 0. The van der Waals surface area contributed by atoms with Crippen LogP contribution in [0.15, 0.2) is 0 Å². The van der Waals surface area contributed by atoms with Gasteiger partial charge >= 0.3 is 0 Å². The minimum Gasteiger partial charge on any atom is -0.394 e. The van der Waals surface area contributed by atoms with Crippen LogP contribution in [0.1, 0.15) is 25.7 Å². The molecule has 4 aliphatic rings. The van der Waals surface area contributed by atoms with Gasteiger partial charge in [-0.3, -0.25) is 4.79 Å². The standard InChI is InChI=1S/C12H18O3/c13-1-2-15-12-9-4-7-3-8(6-9)11(14)10(12)5-7/h7-10,12-13H,1-6H2. The molecular weight excluding hydrogens is 192 g/mol. The lowest BCUT2D eigenvalue weighted by atomic mass is 9.54. The number of rotatable bonds is 3. The van der Waals surface area contributed by atoms with Crippen LogP contribution in [0.5, 0.6) is 0 Å². The van der Waals surface area contributed by atoms with Gasteiger partial charge in [0.05, 0.1) is 19.3 Å². The van der Waals surface area contributed by atoms with Crippen molar-refractivity contribution in [1.82, 2.24) is 0 Å². The largest absolute Gasteiger partial charge is 0.394 e. The maximum atomic E-state index is 12.0. The van der Waals surface area contributed by atoms with Gasteiger partial charge in [0.2, 0.25) is 0 Å².